The average molecular weight is 455 g/mol. The summed E-state index contributed by atoms with van der Waals surface area (Å²) >= 11 is 0. The van der Waals surface area contributed by atoms with Crippen LogP contribution >= 0.6 is 0 Å². The second-order valence-corrected chi connectivity index (χ2v) is 8.11. The minimum absolute atomic E-state index is 0.259. The number of amides is 4. The number of nitrogens with zero attached hydrogens (tertiary/aromatic N) is 4. The standard InChI is InChI=1S/C24H27FN4O4/c1-18-23(31)28(24(32)29(18)20-9-7-19(25)8-10-20)17-22(30)27-13-11-26(12-14-27)15-16-33-21-5-3-2-4-6-21/h2-10,18H,11-17H2,1H3. The van der Waals surface area contributed by atoms with Gasteiger partial charge >= 0.3 is 6.03 Å². The Morgan fingerprint density at radius 3 is 2.33 bits per heavy atom. The second kappa shape index (κ2) is 9.99. The first kappa shape index (κ1) is 22.7. The summed E-state index contributed by atoms with van der Waals surface area (Å²) in [6.45, 7) is 5.07. The Hall–Kier alpha value is -3.46. The summed E-state index contributed by atoms with van der Waals surface area (Å²) in [4.78, 5) is 44.5. The molecule has 4 amide bonds. The number of urea groups is 1. The lowest BCUT2D eigenvalue weighted by Crippen LogP contribution is -2.52. The number of hydrogen-bond donors (Lipinski definition) is 0. The van der Waals surface area contributed by atoms with Crippen molar-refractivity contribution in [2.75, 3.05) is 50.8 Å². The van der Waals surface area contributed by atoms with E-state index in [1.54, 1.807) is 11.8 Å². The van der Waals surface area contributed by atoms with Gasteiger partial charge in [0.05, 0.1) is 0 Å². The van der Waals surface area contributed by atoms with Gasteiger partial charge in [0, 0.05) is 38.4 Å². The van der Waals surface area contributed by atoms with Gasteiger partial charge in [-0.25, -0.2) is 9.18 Å². The molecule has 2 aliphatic heterocycles. The molecule has 4 rings (SSSR count). The van der Waals surface area contributed by atoms with Gasteiger partial charge in [-0.1, -0.05) is 18.2 Å². The highest BCUT2D eigenvalue weighted by Gasteiger charge is 2.44. The lowest BCUT2D eigenvalue weighted by atomic mass is 10.2. The molecule has 2 heterocycles. The van der Waals surface area contributed by atoms with Crippen LogP contribution in [0.1, 0.15) is 6.92 Å². The zero-order chi connectivity index (χ0) is 23.4. The predicted octanol–water partition coefficient (Wildman–Crippen LogP) is 2.21. The van der Waals surface area contributed by atoms with Crippen molar-refractivity contribution in [3.05, 3.63) is 60.4 Å². The number of para-hydroxylation sites is 1. The molecule has 0 radical (unpaired) electrons. The molecule has 0 spiro atoms. The Morgan fingerprint density at radius 1 is 1.00 bits per heavy atom. The fourth-order valence-corrected chi connectivity index (χ4v) is 4.07. The zero-order valence-corrected chi connectivity index (χ0v) is 18.5. The van der Waals surface area contributed by atoms with Crippen molar-refractivity contribution < 1.29 is 23.5 Å². The third kappa shape index (κ3) is 5.14. The topological polar surface area (TPSA) is 73.4 Å². The van der Waals surface area contributed by atoms with Gasteiger partial charge in [-0.3, -0.25) is 24.3 Å². The van der Waals surface area contributed by atoms with Crippen molar-refractivity contribution in [2.45, 2.75) is 13.0 Å². The van der Waals surface area contributed by atoms with E-state index in [4.69, 9.17) is 4.74 Å². The van der Waals surface area contributed by atoms with Crippen molar-refractivity contribution in [1.29, 1.82) is 0 Å². The molecule has 0 aliphatic carbocycles. The molecule has 0 saturated carbocycles. The highest BCUT2D eigenvalue weighted by molar-refractivity contribution is 6.15. The van der Waals surface area contributed by atoms with Crippen LogP contribution in [0.25, 0.3) is 0 Å². The van der Waals surface area contributed by atoms with Gasteiger partial charge in [0.15, 0.2) is 0 Å². The average Bonchev–Trinajstić information content (AvgIpc) is 3.04. The molecule has 174 valence electrons. The summed E-state index contributed by atoms with van der Waals surface area (Å²) < 4.78 is 19.0. The number of piperazine rings is 1. The van der Waals surface area contributed by atoms with Gasteiger partial charge in [0.25, 0.3) is 5.91 Å². The second-order valence-electron chi connectivity index (χ2n) is 8.11. The van der Waals surface area contributed by atoms with E-state index in [-0.39, 0.29) is 12.5 Å². The molecule has 9 heteroatoms. The molecule has 1 unspecified atom stereocenters. The van der Waals surface area contributed by atoms with Gasteiger partial charge in [-0.2, -0.15) is 0 Å². The Balaban J connectivity index is 1.26. The lowest BCUT2D eigenvalue weighted by molar-refractivity contribution is -0.138. The first-order valence-corrected chi connectivity index (χ1v) is 11.0. The van der Waals surface area contributed by atoms with Crippen molar-refractivity contribution in [1.82, 2.24) is 14.7 Å². The number of imide groups is 1. The molecule has 0 bridgehead atoms. The van der Waals surface area contributed by atoms with E-state index in [9.17, 15) is 18.8 Å². The van der Waals surface area contributed by atoms with Crippen molar-refractivity contribution in [3.63, 3.8) is 0 Å². The van der Waals surface area contributed by atoms with Crippen LogP contribution in [0, 0.1) is 5.82 Å². The van der Waals surface area contributed by atoms with Crippen LogP contribution in [0.4, 0.5) is 14.9 Å². The monoisotopic (exact) mass is 454 g/mol. The minimum atomic E-state index is -0.753. The predicted molar refractivity (Wildman–Crippen MR) is 120 cm³/mol. The molecular weight excluding hydrogens is 427 g/mol. The molecule has 2 fully saturated rings. The van der Waals surface area contributed by atoms with Crippen LogP contribution in [0.15, 0.2) is 54.6 Å². The smallest absolute Gasteiger partial charge is 0.332 e. The van der Waals surface area contributed by atoms with Crippen LogP contribution in [-0.4, -0.2) is 84.5 Å². The number of anilines is 1. The molecule has 2 aliphatic rings. The zero-order valence-electron chi connectivity index (χ0n) is 18.5. The largest absolute Gasteiger partial charge is 0.492 e. The van der Waals surface area contributed by atoms with Gasteiger partial charge in [-0.15, -0.1) is 0 Å². The van der Waals surface area contributed by atoms with E-state index in [0.717, 1.165) is 17.2 Å². The fraction of sp³-hybridized carbons (Fsp3) is 0.375. The van der Waals surface area contributed by atoms with Crippen LogP contribution in [0.5, 0.6) is 5.75 Å². The SMILES string of the molecule is CC1C(=O)N(CC(=O)N2CCN(CCOc3ccccc3)CC2)C(=O)N1c1ccc(F)cc1. The van der Waals surface area contributed by atoms with Crippen LogP contribution < -0.4 is 9.64 Å². The molecule has 0 N–H and O–H groups in total. The van der Waals surface area contributed by atoms with E-state index in [0.29, 0.717) is 38.5 Å². The minimum Gasteiger partial charge on any atom is -0.492 e. The number of hydrogen-bond acceptors (Lipinski definition) is 5. The number of benzene rings is 2. The molecule has 33 heavy (non-hydrogen) atoms. The van der Waals surface area contributed by atoms with Crippen LogP contribution in [0.3, 0.4) is 0 Å². The maximum absolute atomic E-state index is 13.2. The van der Waals surface area contributed by atoms with E-state index in [2.05, 4.69) is 4.90 Å². The fourth-order valence-electron chi connectivity index (χ4n) is 4.07. The Labute approximate surface area is 192 Å². The Morgan fingerprint density at radius 2 is 1.67 bits per heavy atom. The van der Waals surface area contributed by atoms with Crippen LogP contribution in [0.2, 0.25) is 0 Å². The summed E-state index contributed by atoms with van der Waals surface area (Å²) in [7, 11) is 0. The highest BCUT2D eigenvalue weighted by Crippen LogP contribution is 2.26. The van der Waals surface area contributed by atoms with Crippen LogP contribution in [-0.2, 0) is 9.59 Å². The molecule has 2 aromatic carbocycles. The van der Waals surface area contributed by atoms with Crippen molar-refractivity contribution in [3.8, 4) is 5.75 Å². The lowest BCUT2D eigenvalue weighted by Gasteiger charge is -2.35. The van der Waals surface area contributed by atoms with E-state index >= 15 is 0 Å². The maximum Gasteiger partial charge on any atom is 0.332 e. The number of carbonyl (C=O) groups is 3. The molecule has 0 aromatic heterocycles. The maximum atomic E-state index is 13.2. The molecule has 1 atom stereocenters. The quantitative estimate of drug-likeness (QED) is 0.600. The molecular formula is C24H27FN4O4. The highest BCUT2D eigenvalue weighted by atomic mass is 19.1. The van der Waals surface area contributed by atoms with Gasteiger partial charge < -0.3 is 9.64 Å². The van der Waals surface area contributed by atoms with E-state index in [1.807, 2.05) is 30.3 Å². The van der Waals surface area contributed by atoms with Gasteiger partial charge in [0.2, 0.25) is 5.91 Å². The number of halogens is 1. The summed E-state index contributed by atoms with van der Waals surface area (Å²) in [6, 6.07) is 13.7. The number of ether oxygens (including phenoxy) is 1. The number of rotatable bonds is 7. The molecule has 2 aromatic rings. The molecule has 2 saturated heterocycles. The normalized spacial score (nSPS) is 19.3. The summed E-state index contributed by atoms with van der Waals surface area (Å²) in [5.41, 5.74) is 0.420. The Kier molecular flexibility index (Phi) is 6.88. The van der Waals surface area contributed by atoms with E-state index in [1.165, 1.54) is 29.2 Å². The summed E-state index contributed by atoms with van der Waals surface area (Å²) in [5.74, 6) is -0.295. The van der Waals surface area contributed by atoms with E-state index < -0.39 is 23.8 Å². The third-order valence-electron chi connectivity index (χ3n) is 5.99. The summed E-state index contributed by atoms with van der Waals surface area (Å²) in [6.07, 6.45) is 0. The molecule has 8 nitrogen and oxygen atoms in total. The van der Waals surface area contributed by atoms with Gasteiger partial charge in [0.1, 0.15) is 30.8 Å². The first-order chi connectivity index (χ1) is 15.9. The third-order valence-corrected chi connectivity index (χ3v) is 5.99. The summed E-state index contributed by atoms with van der Waals surface area (Å²) in [5, 5.41) is 0. The van der Waals surface area contributed by atoms with Crippen molar-refractivity contribution >= 4 is 23.5 Å². The first-order valence-electron chi connectivity index (χ1n) is 11.0. The van der Waals surface area contributed by atoms with Crippen molar-refractivity contribution in [2.24, 2.45) is 0 Å². The number of carbonyl (C=O) groups excluding carboxylic acids is 3. The van der Waals surface area contributed by atoms with Gasteiger partial charge in [-0.05, 0) is 43.3 Å². The Bertz CT molecular complexity index is 993.